The number of carbonyl (C=O) groups is 1. The summed E-state index contributed by atoms with van der Waals surface area (Å²) in [5.74, 6) is 2.29. The topological polar surface area (TPSA) is 86.7 Å². The minimum absolute atomic E-state index is 0.0674. The molecular formula is C18H24N8O. The highest BCUT2D eigenvalue weighted by Crippen LogP contribution is 2.28. The third-order valence-corrected chi connectivity index (χ3v) is 5.27. The van der Waals surface area contributed by atoms with Gasteiger partial charge in [-0.05, 0) is 19.8 Å². The van der Waals surface area contributed by atoms with Gasteiger partial charge in [0.1, 0.15) is 5.82 Å². The van der Waals surface area contributed by atoms with E-state index in [0.29, 0.717) is 18.0 Å². The molecule has 0 radical (unpaired) electrons. The zero-order valence-electron chi connectivity index (χ0n) is 15.9. The molecule has 0 saturated carbocycles. The van der Waals surface area contributed by atoms with Crippen molar-refractivity contribution in [1.29, 1.82) is 0 Å². The van der Waals surface area contributed by atoms with Gasteiger partial charge in [0, 0.05) is 51.7 Å². The van der Waals surface area contributed by atoms with Crippen LogP contribution in [0, 0.1) is 6.92 Å². The van der Waals surface area contributed by atoms with E-state index in [4.69, 9.17) is 0 Å². The van der Waals surface area contributed by atoms with Gasteiger partial charge >= 0.3 is 0 Å². The van der Waals surface area contributed by atoms with Crippen LogP contribution < -0.4 is 0 Å². The highest BCUT2D eigenvalue weighted by molar-refractivity contribution is 5.95. The number of likely N-dealkylation sites (tertiary alicyclic amines) is 1. The van der Waals surface area contributed by atoms with Gasteiger partial charge in [-0.2, -0.15) is 5.10 Å². The summed E-state index contributed by atoms with van der Waals surface area (Å²) in [7, 11) is 3.85. The molecule has 0 bridgehead atoms. The van der Waals surface area contributed by atoms with E-state index in [1.807, 2.05) is 36.7 Å². The van der Waals surface area contributed by atoms with Crippen molar-refractivity contribution in [3.63, 3.8) is 0 Å². The van der Waals surface area contributed by atoms with E-state index >= 15 is 0 Å². The van der Waals surface area contributed by atoms with Crippen LogP contribution in [-0.4, -0.2) is 58.0 Å². The van der Waals surface area contributed by atoms with E-state index in [9.17, 15) is 4.79 Å². The second kappa shape index (κ2) is 6.98. The Balaban J connectivity index is 1.41. The summed E-state index contributed by atoms with van der Waals surface area (Å²) in [6.07, 6.45) is 9.03. The molecule has 1 fully saturated rings. The molecule has 0 atom stereocenters. The normalized spacial score (nSPS) is 15.4. The molecule has 1 saturated heterocycles. The lowest BCUT2D eigenvalue weighted by molar-refractivity contribution is 0.0709. The maximum absolute atomic E-state index is 12.8. The van der Waals surface area contributed by atoms with E-state index in [0.717, 1.165) is 43.3 Å². The molecule has 4 rings (SSSR count). The van der Waals surface area contributed by atoms with Crippen molar-refractivity contribution in [2.75, 3.05) is 13.1 Å². The summed E-state index contributed by atoms with van der Waals surface area (Å²) >= 11 is 0. The minimum atomic E-state index is 0.0674. The molecule has 0 spiro atoms. The van der Waals surface area contributed by atoms with Crippen molar-refractivity contribution in [3.05, 3.63) is 47.8 Å². The Morgan fingerprint density at radius 3 is 2.63 bits per heavy atom. The van der Waals surface area contributed by atoms with Gasteiger partial charge in [0.25, 0.3) is 5.91 Å². The third-order valence-electron chi connectivity index (χ3n) is 5.27. The molecule has 0 N–H and O–H groups in total. The largest absolute Gasteiger partial charge is 0.338 e. The number of piperidine rings is 1. The molecule has 9 nitrogen and oxygen atoms in total. The standard InChI is InChI=1S/C18H24N8O/c1-13-15(10-23(2)22-13)18(27)26-7-4-14(5-8-26)17-21-20-16(24(17)3)11-25-9-6-19-12-25/h6,9-10,12,14H,4-5,7-8,11H2,1-3H3. The van der Waals surface area contributed by atoms with E-state index in [2.05, 4.69) is 24.8 Å². The van der Waals surface area contributed by atoms with Crippen molar-refractivity contribution in [2.24, 2.45) is 14.1 Å². The molecule has 3 aromatic rings. The van der Waals surface area contributed by atoms with Gasteiger partial charge in [-0.25, -0.2) is 4.98 Å². The van der Waals surface area contributed by atoms with Gasteiger partial charge in [0.05, 0.1) is 24.1 Å². The summed E-state index contributed by atoms with van der Waals surface area (Å²) in [6, 6.07) is 0. The summed E-state index contributed by atoms with van der Waals surface area (Å²) in [5, 5.41) is 13.1. The van der Waals surface area contributed by atoms with Crippen molar-refractivity contribution in [1.82, 2.24) is 39.0 Å². The predicted molar refractivity (Wildman–Crippen MR) is 98.2 cm³/mol. The molecule has 1 aliphatic rings. The highest BCUT2D eigenvalue weighted by atomic mass is 16.2. The molecule has 9 heteroatoms. The van der Waals surface area contributed by atoms with Crippen LogP contribution in [0.1, 0.15) is 46.5 Å². The molecule has 142 valence electrons. The number of hydrogen-bond acceptors (Lipinski definition) is 5. The van der Waals surface area contributed by atoms with Gasteiger partial charge in [-0.3, -0.25) is 9.48 Å². The quantitative estimate of drug-likeness (QED) is 0.689. The third kappa shape index (κ3) is 3.36. The van der Waals surface area contributed by atoms with Crippen LogP contribution in [-0.2, 0) is 20.6 Å². The second-order valence-corrected chi connectivity index (χ2v) is 7.14. The van der Waals surface area contributed by atoms with Gasteiger partial charge in [-0.15, -0.1) is 10.2 Å². The lowest BCUT2D eigenvalue weighted by Crippen LogP contribution is -2.38. The Labute approximate surface area is 157 Å². The van der Waals surface area contributed by atoms with Crippen LogP contribution in [0.5, 0.6) is 0 Å². The van der Waals surface area contributed by atoms with E-state index in [-0.39, 0.29) is 5.91 Å². The first-order valence-electron chi connectivity index (χ1n) is 9.16. The number of imidazole rings is 1. The Morgan fingerprint density at radius 2 is 2.00 bits per heavy atom. The predicted octanol–water partition coefficient (Wildman–Crippen LogP) is 1.12. The number of amides is 1. The smallest absolute Gasteiger partial charge is 0.257 e. The van der Waals surface area contributed by atoms with Gasteiger partial charge in [0.2, 0.25) is 0 Å². The SMILES string of the molecule is Cc1nn(C)cc1C(=O)N1CCC(c2nnc(Cn3ccnc3)n2C)CC1. The molecule has 4 heterocycles. The van der Waals surface area contributed by atoms with Crippen LogP contribution in [0.15, 0.2) is 24.9 Å². The number of hydrogen-bond donors (Lipinski definition) is 0. The number of aryl methyl sites for hydroxylation is 2. The average molecular weight is 368 g/mol. The van der Waals surface area contributed by atoms with Crippen LogP contribution in [0.4, 0.5) is 0 Å². The van der Waals surface area contributed by atoms with Crippen molar-refractivity contribution >= 4 is 5.91 Å². The highest BCUT2D eigenvalue weighted by Gasteiger charge is 2.29. The van der Waals surface area contributed by atoms with Crippen molar-refractivity contribution in [2.45, 2.75) is 32.2 Å². The fourth-order valence-electron chi connectivity index (χ4n) is 3.73. The van der Waals surface area contributed by atoms with Gasteiger partial charge in [0.15, 0.2) is 5.82 Å². The van der Waals surface area contributed by atoms with Crippen LogP contribution in [0.25, 0.3) is 0 Å². The molecule has 1 amide bonds. The molecule has 0 aromatic carbocycles. The summed E-state index contributed by atoms with van der Waals surface area (Å²) in [6.45, 7) is 3.98. The Morgan fingerprint density at radius 1 is 1.22 bits per heavy atom. The fraction of sp³-hybridized carbons (Fsp3) is 0.500. The minimum Gasteiger partial charge on any atom is -0.338 e. The molecule has 3 aromatic heterocycles. The van der Waals surface area contributed by atoms with E-state index < -0.39 is 0 Å². The molecule has 1 aliphatic heterocycles. The Bertz CT molecular complexity index is 931. The first kappa shape index (κ1) is 17.4. The molecular weight excluding hydrogens is 344 g/mol. The zero-order valence-corrected chi connectivity index (χ0v) is 15.9. The Hall–Kier alpha value is -2.97. The first-order valence-corrected chi connectivity index (χ1v) is 9.16. The van der Waals surface area contributed by atoms with Crippen LogP contribution >= 0.6 is 0 Å². The van der Waals surface area contributed by atoms with Crippen molar-refractivity contribution in [3.8, 4) is 0 Å². The zero-order chi connectivity index (χ0) is 19.0. The van der Waals surface area contributed by atoms with Gasteiger partial charge < -0.3 is 14.0 Å². The van der Waals surface area contributed by atoms with Crippen molar-refractivity contribution < 1.29 is 4.79 Å². The summed E-state index contributed by atoms with van der Waals surface area (Å²) in [5.41, 5.74) is 1.47. The lowest BCUT2D eigenvalue weighted by atomic mass is 9.95. The number of aromatic nitrogens is 7. The maximum atomic E-state index is 12.8. The Kier molecular flexibility index (Phi) is 4.51. The lowest BCUT2D eigenvalue weighted by Gasteiger charge is -2.31. The summed E-state index contributed by atoms with van der Waals surface area (Å²) in [4.78, 5) is 18.7. The van der Waals surface area contributed by atoms with Crippen LogP contribution in [0.2, 0.25) is 0 Å². The number of nitrogens with zero attached hydrogens (tertiary/aromatic N) is 8. The fourth-order valence-corrected chi connectivity index (χ4v) is 3.73. The molecule has 0 unspecified atom stereocenters. The monoisotopic (exact) mass is 368 g/mol. The number of rotatable bonds is 4. The average Bonchev–Trinajstić information content (AvgIpc) is 3.37. The summed E-state index contributed by atoms with van der Waals surface area (Å²) < 4.78 is 5.75. The van der Waals surface area contributed by atoms with E-state index in [1.54, 1.807) is 23.4 Å². The van der Waals surface area contributed by atoms with Crippen LogP contribution in [0.3, 0.4) is 0 Å². The van der Waals surface area contributed by atoms with E-state index in [1.165, 1.54) is 0 Å². The second-order valence-electron chi connectivity index (χ2n) is 7.14. The molecule has 27 heavy (non-hydrogen) atoms. The maximum Gasteiger partial charge on any atom is 0.257 e. The van der Waals surface area contributed by atoms with Gasteiger partial charge in [-0.1, -0.05) is 0 Å². The first-order chi connectivity index (χ1) is 13.0. The molecule has 0 aliphatic carbocycles. The number of carbonyl (C=O) groups excluding carboxylic acids is 1.